The summed E-state index contributed by atoms with van der Waals surface area (Å²) in [5, 5.41) is 27.3. The number of nitrogens with one attached hydrogen (secondary N) is 3. The van der Waals surface area contributed by atoms with Crippen LogP contribution in [0.4, 0.5) is 11.6 Å². The van der Waals surface area contributed by atoms with Gasteiger partial charge in [-0.25, -0.2) is 15.0 Å². The highest BCUT2D eigenvalue weighted by Gasteiger charge is 2.24. The number of hydrogen-bond donors (Lipinski definition) is 5. The Morgan fingerprint density at radius 3 is 2.48 bits per heavy atom. The van der Waals surface area contributed by atoms with Gasteiger partial charge >= 0.3 is 0 Å². The molecule has 0 bridgehead atoms. The number of anilines is 2. The molecule has 1 fully saturated rings. The zero-order valence-corrected chi connectivity index (χ0v) is 23.5. The molecule has 0 radical (unpaired) electrons. The summed E-state index contributed by atoms with van der Waals surface area (Å²) in [4.78, 5) is 29.1. The average molecular weight is 579 g/mol. The minimum absolute atomic E-state index is 0.0343. The van der Waals surface area contributed by atoms with Crippen LogP contribution in [0.2, 0.25) is 0 Å². The number of carbonyl (C=O) groups excluding carboxylic acids is 1. The molecule has 1 aromatic heterocycles. The smallest absolute Gasteiger partial charge is 0.300 e. The Bertz CT molecular complexity index is 1360. The second-order valence-electron chi connectivity index (χ2n) is 8.95. The number of methoxy groups -OCH3 is 1. The van der Waals surface area contributed by atoms with Gasteiger partial charge in [0.15, 0.2) is 5.84 Å². The molecule has 0 saturated carbocycles. The summed E-state index contributed by atoms with van der Waals surface area (Å²) in [5.74, 6) is 0.916. The summed E-state index contributed by atoms with van der Waals surface area (Å²) in [6.45, 7) is 2.24. The van der Waals surface area contributed by atoms with Gasteiger partial charge in [-0.3, -0.25) is 15.0 Å². The number of amidine groups is 2. The number of nitrogens with zero attached hydrogens (tertiary/aromatic N) is 4. The summed E-state index contributed by atoms with van der Waals surface area (Å²) in [7, 11) is 3.25. The fourth-order valence-corrected chi connectivity index (χ4v) is 3.86. The van der Waals surface area contributed by atoms with Gasteiger partial charge in [-0.2, -0.15) is 5.10 Å². The maximum atomic E-state index is 11.7. The molecule has 0 spiro atoms. The van der Waals surface area contributed by atoms with Crippen molar-refractivity contribution >= 4 is 35.7 Å². The van der Waals surface area contributed by atoms with E-state index in [0.29, 0.717) is 53.9 Å². The highest BCUT2D eigenvalue weighted by molar-refractivity contribution is 5.98. The number of benzene rings is 2. The molecule has 4 rings (SSSR count). The lowest BCUT2D eigenvalue weighted by molar-refractivity contribution is -0.134. The van der Waals surface area contributed by atoms with Gasteiger partial charge < -0.3 is 35.7 Å². The third-order valence-electron chi connectivity index (χ3n) is 5.75. The molecule has 1 amide bonds. The van der Waals surface area contributed by atoms with E-state index in [1.54, 1.807) is 62.9 Å². The Labute approximate surface area is 243 Å². The van der Waals surface area contributed by atoms with Gasteiger partial charge in [0.1, 0.15) is 29.5 Å². The summed E-state index contributed by atoms with van der Waals surface area (Å²) in [6.07, 6.45) is 4.48. The average Bonchev–Trinajstić information content (AvgIpc) is 3.49. The number of nitrogens with two attached hydrogens (primary N) is 1. The number of amides is 1. The van der Waals surface area contributed by atoms with E-state index < -0.39 is 12.0 Å². The third kappa shape index (κ3) is 9.45. The van der Waals surface area contributed by atoms with Crippen molar-refractivity contribution in [2.24, 2.45) is 10.8 Å². The van der Waals surface area contributed by atoms with Gasteiger partial charge in [-0.1, -0.05) is 0 Å². The van der Waals surface area contributed by atoms with E-state index in [1.165, 1.54) is 5.01 Å². The Balaban J connectivity index is 0.00000114. The van der Waals surface area contributed by atoms with Crippen LogP contribution in [0.25, 0.3) is 0 Å². The number of aliphatic carboxylic acids is 1. The SMILES string of the molecule is CC(=O)O.COc1cc(O[C@H]2CCOC2)cc(C(Nc2ccc(C(=N)N)cc2)/C(=N/N(C)c2ncccn2)NC=O)c1. The van der Waals surface area contributed by atoms with Crippen LogP contribution in [-0.2, 0) is 14.3 Å². The first-order valence-electron chi connectivity index (χ1n) is 12.8. The minimum atomic E-state index is -0.833. The molecule has 2 heterocycles. The van der Waals surface area contributed by atoms with Crippen LogP contribution in [0.1, 0.15) is 30.5 Å². The molecule has 222 valence electrons. The maximum absolute atomic E-state index is 11.7. The van der Waals surface area contributed by atoms with E-state index in [9.17, 15) is 4.79 Å². The molecule has 1 aliphatic rings. The van der Waals surface area contributed by atoms with Gasteiger partial charge in [0.2, 0.25) is 12.4 Å². The van der Waals surface area contributed by atoms with E-state index in [0.717, 1.165) is 13.3 Å². The summed E-state index contributed by atoms with van der Waals surface area (Å²) in [5.41, 5.74) is 7.61. The normalized spacial score (nSPS) is 14.9. The number of nitrogen functional groups attached to an aromatic ring is 1. The van der Waals surface area contributed by atoms with Crippen molar-refractivity contribution in [1.82, 2.24) is 15.3 Å². The molecule has 1 saturated heterocycles. The number of rotatable bonds is 11. The molecule has 1 unspecified atom stereocenters. The fourth-order valence-electron chi connectivity index (χ4n) is 3.86. The number of carbonyl (C=O) groups is 2. The van der Waals surface area contributed by atoms with Crippen LogP contribution in [0.3, 0.4) is 0 Å². The number of aromatic nitrogens is 2. The first-order chi connectivity index (χ1) is 20.2. The number of hydrazone groups is 1. The van der Waals surface area contributed by atoms with Crippen LogP contribution in [0.15, 0.2) is 66.0 Å². The van der Waals surface area contributed by atoms with Gasteiger partial charge in [0.25, 0.3) is 5.97 Å². The van der Waals surface area contributed by atoms with Crippen molar-refractivity contribution in [2.45, 2.75) is 25.5 Å². The summed E-state index contributed by atoms with van der Waals surface area (Å²) >= 11 is 0. The molecule has 2 atom stereocenters. The van der Waals surface area contributed by atoms with Gasteiger partial charge in [-0.15, -0.1) is 0 Å². The topological polar surface area (TPSA) is 197 Å². The molecular weight excluding hydrogens is 544 g/mol. The van der Waals surface area contributed by atoms with Crippen molar-refractivity contribution in [2.75, 3.05) is 37.7 Å². The van der Waals surface area contributed by atoms with Crippen LogP contribution >= 0.6 is 0 Å². The largest absolute Gasteiger partial charge is 0.497 e. The van der Waals surface area contributed by atoms with Crippen LogP contribution in [0, 0.1) is 5.41 Å². The Morgan fingerprint density at radius 2 is 1.90 bits per heavy atom. The van der Waals surface area contributed by atoms with E-state index in [-0.39, 0.29) is 17.8 Å². The van der Waals surface area contributed by atoms with E-state index in [4.69, 9.17) is 35.3 Å². The standard InChI is InChI=1S/C26H30N8O4.C2H4O2/c1-34(26-29-9-3-10-30-26)33-25(31-16-35)23(32-19-6-4-17(5-7-19)24(27)28)18-12-21(36-2)14-22(13-18)38-20-8-11-37-15-20;1-2(3)4/h3-7,9-10,12-14,16,20,23,32H,8,11,15H2,1-2H3,(H3,27,28)(H,31,33,35);1H3,(H,3,4)/t20-,23?;/m0./s1. The van der Waals surface area contributed by atoms with Crippen molar-refractivity contribution in [3.63, 3.8) is 0 Å². The molecule has 3 aromatic rings. The van der Waals surface area contributed by atoms with Crippen molar-refractivity contribution in [3.8, 4) is 11.5 Å². The van der Waals surface area contributed by atoms with E-state index in [2.05, 4.69) is 25.7 Å². The number of carboxylic acid groups (broad SMARTS) is 1. The summed E-state index contributed by atoms with van der Waals surface area (Å²) in [6, 6.07) is 13.6. The second-order valence-corrected chi connectivity index (χ2v) is 8.95. The van der Waals surface area contributed by atoms with Crippen molar-refractivity contribution in [1.29, 1.82) is 5.41 Å². The fraction of sp³-hybridized carbons (Fsp3) is 0.286. The molecule has 0 aliphatic carbocycles. The molecule has 1 aliphatic heterocycles. The van der Waals surface area contributed by atoms with Gasteiger partial charge in [-0.05, 0) is 48.0 Å². The molecule has 42 heavy (non-hydrogen) atoms. The lowest BCUT2D eigenvalue weighted by atomic mass is 10.0. The molecule has 6 N–H and O–H groups in total. The first-order valence-corrected chi connectivity index (χ1v) is 12.8. The number of carboxylic acids is 1. The maximum Gasteiger partial charge on any atom is 0.300 e. The summed E-state index contributed by atoms with van der Waals surface area (Å²) < 4.78 is 17.2. The first kappa shape index (κ1) is 31.3. The van der Waals surface area contributed by atoms with Crippen molar-refractivity contribution in [3.05, 3.63) is 72.1 Å². The van der Waals surface area contributed by atoms with Crippen LogP contribution in [-0.4, -0.2) is 72.6 Å². The minimum Gasteiger partial charge on any atom is -0.497 e. The van der Waals surface area contributed by atoms with Crippen LogP contribution < -0.4 is 30.8 Å². The lowest BCUT2D eigenvalue weighted by Gasteiger charge is -2.25. The zero-order chi connectivity index (χ0) is 30.5. The third-order valence-corrected chi connectivity index (χ3v) is 5.75. The molecular formula is C28H34N8O6. The van der Waals surface area contributed by atoms with Gasteiger partial charge in [0, 0.05) is 50.1 Å². The molecule has 14 nitrogen and oxygen atoms in total. The van der Waals surface area contributed by atoms with Crippen molar-refractivity contribution < 1.29 is 28.9 Å². The second kappa shape index (κ2) is 15.5. The van der Waals surface area contributed by atoms with Crippen LogP contribution in [0.5, 0.6) is 11.5 Å². The number of ether oxygens (including phenoxy) is 3. The predicted octanol–water partition coefficient (Wildman–Crippen LogP) is 2.38. The Morgan fingerprint density at radius 1 is 1.24 bits per heavy atom. The number of hydrogen-bond acceptors (Lipinski definition) is 11. The highest BCUT2D eigenvalue weighted by atomic mass is 16.5. The highest BCUT2D eigenvalue weighted by Crippen LogP contribution is 2.31. The zero-order valence-electron chi connectivity index (χ0n) is 23.5. The van der Waals surface area contributed by atoms with Gasteiger partial charge in [0.05, 0.1) is 20.3 Å². The molecule has 14 heteroatoms. The quantitative estimate of drug-likeness (QED) is 0.0969. The van der Waals surface area contributed by atoms with E-state index >= 15 is 0 Å². The monoisotopic (exact) mass is 578 g/mol. The lowest BCUT2D eigenvalue weighted by Crippen LogP contribution is -2.35. The molecule has 2 aromatic carbocycles. The Hall–Kier alpha value is -5.24. The Kier molecular flexibility index (Phi) is 11.6. The van der Waals surface area contributed by atoms with E-state index in [1.807, 2.05) is 12.1 Å². The predicted molar refractivity (Wildman–Crippen MR) is 157 cm³/mol.